The number of carbonyl (C=O) groups excluding carboxylic acids is 1. The highest BCUT2D eigenvalue weighted by Gasteiger charge is 2.11. The van der Waals surface area contributed by atoms with Gasteiger partial charge >= 0.3 is 5.97 Å². The van der Waals surface area contributed by atoms with Crippen LogP contribution in [0, 0.1) is 0 Å². The number of hydrogen-bond donors (Lipinski definition) is 0. The van der Waals surface area contributed by atoms with Crippen LogP contribution in [-0.4, -0.2) is 26.8 Å². The lowest BCUT2D eigenvalue weighted by atomic mass is 10.1. The van der Waals surface area contributed by atoms with Crippen molar-refractivity contribution in [2.24, 2.45) is 0 Å². The molecule has 2 aromatic carbocycles. The first-order valence-corrected chi connectivity index (χ1v) is 7.81. The van der Waals surface area contributed by atoms with Crippen molar-refractivity contribution in [3.8, 4) is 23.0 Å². The third kappa shape index (κ3) is 4.65. The van der Waals surface area contributed by atoms with E-state index in [9.17, 15) is 4.79 Å². The van der Waals surface area contributed by atoms with E-state index in [0.717, 1.165) is 5.56 Å². The lowest BCUT2D eigenvalue weighted by Gasteiger charge is -2.11. The topological polar surface area (TPSA) is 54.0 Å². The van der Waals surface area contributed by atoms with Crippen LogP contribution < -0.4 is 18.9 Å². The predicted octanol–water partition coefficient (Wildman–Crippen LogP) is 3.64. The molecule has 0 aliphatic rings. The molecule has 5 heteroatoms. The number of esters is 1. The largest absolute Gasteiger partial charge is 0.493 e. The van der Waals surface area contributed by atoms with E-state index in [1.54, 1.807) is 32.4 Å². The minimum absolute atomic E-state index is 0.260. The molecular weight excluding hydrogens is 308 g/mol. The molecule has 0 spiro atoms. The Kier molecular flexibility index (Phi) is 6.49. The van der Waals surface area contributed by atoms with Gasteiger partial charge in [0, 0.05) is 6.42 Å². The monoisotopic (exact) mass is 330 g/mol. The molecule has 0 bridgehead atoms. The number of methoxy groups -OCH3 is 2. The van der Waals surface area contributed by atoms with Crippen molar-refractivity contribution in [1.82, 2.24) is 0 Å². The average molecular weight is 330 g/mol. The third-order valence-corrected chi connectivity index (χ3v) is 3.44. The number of ether oxygens (including phenoxy) is 4. The molecule has 0 heterocycles. The highest BCUT2D eigenvalue weighted by molar-refractivity contribution is 5.73. The highest BCUT2D eigenvalue weighted by Crippen LogP contribution is 2.29. The summed E-state index contributed by atoms with van der Waals surface area (Å²) >= 11 is 0. The standard InChI is InChI=1S/C19H22O5/c1-4-23-16-7-5-6-8-17(16)24-19(20)12-10-14-9-11-15(21-2)18(13-14)22-3/h5-9,11,13H,4,10,12H2,1-3H3. The van der Waals surface area contributed by atoms with Gasteiger partial charge in [0.2, 0.25) is 0 Å². The van der Waals surface area contributed by atoms with Crippen LogP contribution in [0.1, 0.15) is 18.9 Å². The molecule has 2 aromatic rings. The van der Waals surface area contributed by atoms with E-state index < -0.39 is 0 Å². The average Bonchev–Trinajstić information content (AvgIpc) is 2.61. The van der Waals surface area contributed by atoms with E-state index in [0.29, 0.717) is 36.0 Å². The fourth-order valence-corrected chi connectivity index (χ4v) is 2.27. The molecule has 0 saturated carbocycles. The number of carbonyl (C=O) groups is 1. The molecule has 0 radical (unpaired) electrons. The third-order valence-electron chi connectivity index (χ3n) is 3.44. The van der Waals surface area contributed by atoms with Gasteiger partial charge in [0.15, 0.2) is 23.0 Å². The van der Waals surface area contributed by atoms with Crippen LogP contribution in [0.5, 0.6) is 23.0 Å². The summed E-state index contributed by atoms with van der Waals surface area (Å²) in [5, 5.41) is 0. The zero-order chi connectivity index (χ0) is 17.4. The van der Waals surface area contributed by atoms with E-state index in [2.05, 4.69) is 0 Å². The van der Waals surface area contributed by atoms with Crippen molar-refractivity contribution in [2.75, 3.05) is 20.8 Å². The lowest BCUT2D eigenvalue weighted by Crippen LogP contribution is -2.10. The predicted molar refractivity (Wildman–Crippen MR) is 91.1 cm³/mol. The molecule has 0 aliphatic carbocycles. The Morgan fingerprint density at radius 2 is 1.62 bits per heavy atom. The molecule has 0 aliphatic heterocycles. The first-order valence-electron chi connectivity index (χ1n) is 7.81. The zero-order valence-electron chi connectivity index (χ0n) is 14.2. The van der Waals surface area contributed by atoms with Crippen LogP contribution in [0.4, 0.5) is 0 Å². The summed E-state index contributed by atoms with van der Waals surface area (Å²) in [6, 6.07) is 12.7. The maximum atomic E-state index is 12.1. The molecule has 0 N–H and O–H groups in total. The van der Waals surface area contributed by atoms with Gasteiger partial charge in [-0.2, -0.15) is 0 Å². The number of rotatable bonds is 8. The molecule has 5 nitrogen and oxygen atoms in total. The van der Waals surface area contributed by atoms with Gasteiger partial charge in [-0.05, 0) is 43.2 Å². The maximum absolute atomic E-state index is 12.1. The number of aryl methyl sites for hydroxylation is 1. The second-order valence-electron chi connectivity index (χ2n) is 5.04. The van der Waals surface area contributed by atoms with Crippen molar-refractivity contribution in [2.45, 2.75) is 19.8 Å². The van der Waals surface area contributed by atoms with Gasteiger partial charge < -0.3 is 18.9 Å². The summed E-state index contributed by atoms with van der Waals surface area (Å²) in [6.45, 7) is 2.40. The molecular formula is C19H22O5. The molecule has 24 heavy (non-hydrogen) atoms. The lowest BCUT2D eigenvalue weighted by molar-refractivity contribution is -0.134. The molecule has 128 valence electrons. The highest BCUT2D eigenvalue weighted by atomic mass is 16.6. The molecule has 0 atom stereocenters. The van der Waals surface area contributed by atoms with Crippen LogP contribution in [0.3, 0.4) is 0 Å². The van der Waals surface area contributed by atoms with Crippen LogP contribution >= 0.6 is 0 Å². The van der Waals surface area contributed by atoms with Gasteiger partial charge in [0.25, 0.3) is 0 Å². The first-order chi connectivity index (χ1) is 11.7. The van der Waals surface area contributed by atoms with E-state index >= 15 is 0 Å². The summed E-state index contributed by atoms with van der Waals surface area (Å²) in [5.74, 6) is 2.01. The van der Waals surface area contributed by atoms with Crippen molar-refractivity contribution in [3.05, 3.63) is 48.0 Å². The summed E-state index contributed by atoms with van der Waals surface area (Å²) in [6.07, 6.45) is 0.811. The van der Waals surface area contributed by atoms with Gasteiger partial charge in [-0.15, -0.1) is 0 Å². The molecule has 0 aromatic heterocycles. The Hall–Kier alpha value is -2.69. The first kappa shape index (κ1) is 17.7. The fourth-order valence-electron chi connectivity index (χ4n) is 2.27. The zero-order valence-corrected chi connectivity index (χ0v) is 14.2. The van der Waals surface area contributed by atoms with Gasteiger partial charge in [-0.25, -0.2) is 0 Å². The van der Waals surface area contributed by atoms with Gasteiger partial charge in [-0.1, -0.05) is 18.2 Å². The Labute approximate surface area is 142 Å². The SMILES string of the molecule is CCOc1ccccc1OC(=O)CCc1ccc(OC)c(OC)c1. The summed E-state index contributed by atoms with van der Waals surface area (Å²) < 4.78 is 21.3. The van der Waals surface area contributed by atoms with Crippen molar-refractivity contribution >= 4 is 5.97 Å². The molecule has 0 amide bonds. The van der Waals surface area contributed by atoms with E-state index in [1.165, 1.54) is 0 Å². The van der Waals surface area contributed by atoms with Crippen molar-refractivity contribution in [1.29, 1.82) is 0 Å². The Morgan fingerprint density at radius 1 is 0.917 bits per heavy atom. The number of benzene rings is 2. The van der Waals surface area contributed by atoms with Crippen molar-refractivity contribution < 1.29 is 23.7 Å². The number of para-hydroxylation sites is 2. The van der Waals surface area contributed by atoms with Crippen molar-refractivity contribution in [3.63, 3.8) is 0 Å². The minimum Gasteiger partial charge on any atom is -0.493 e. The summed E-state index contributed by atoms with van der Waals surface area (Å²) in [4.78, 5) is 12.1. The second kappa shape index (κ2) is 8.82. The smallest absolute Gasteiger partial charge is 0.311 e. The molecule has 0 saturated heterocycles. The van der Waals surface area contributed by atoms with E-state index in [4.69, 9.17) is 18.9 Å². The Bertz CT molecular complexity index is 681. The van der Waals surface area contributed by atoms with Gasteiger partial charge in [-0.3, -0.25) is 4.79 Å². The molecule has 0 unspecified atom stereocenters. The molecule has 2 rings (SSSR count). The minimum atomic E-state index is -0.308. The van der Waals surface area contributed by atoms with Gasteiger partial charge in [0.1, 0.15) is 0 Å². The maximum Gasteiger partial charge on any atom is 0.311 e. The van der Waals surface area contributed by atoms with E-state index in [-0.39, 0.29) is 12.4 Å². The summed E-state index contributed by atoms with van der Waals surface area (Å²) in [5.41, 5.74) is 0.975. The van der Waals surface area contributed by atoms with E-state index in [1.807, 2.05) is 31.2 Å². The van der Waals surface area contributed by atoms with Crippen LogP contribution in [0.15, 0.2) is 42.5 Å². The van der Waals surface area contributed by atoms with Crippen LogP contribution in [0.25, 0.3) is 0 Å². The van der Waals surface area contributed by atoms with Crippen LogP contribution in [0.2, 0.25) is 0 Å². The molecule has 0 fully saturated rings. The van der Waals surface area contributed by atoms with Crippen LogP contribution in [-0.2, 0) is 11.2 Å². The van der Waals surface area contributed by atoms with Gasteiger partial charge in [0.05, 0.1) is 20.8 Å². The fraction of sp³-hybridized carbons (Fsp3) is 0.316. The summed E-state index contributed by atoms with van der Waals surface area (Å²) in [7, 11) is 3.17. The Morgan fingerprint density at radius 3 is 2.29 bits per heavy atom. The normalized spacial score (nSPS) is 10.1. The quantitative estimate of drug-likeness (QED) is 0.546. The number of hydrogen-bond acceptors (Lipinski definition) is 5. The second-order valence-corrected chi connectivity index (χ2v) is 5.04. The Balaban J connectivity index is 1.96.